The van der Waals surface area contributed by atoms with Crippen LogP contribution in [0, 0.1) is 0 Å². The van der Waals surface area contributed by atoms with Gasteiger partial charge in [-0.25, -0.2) is 0 Å². The van der Waals surface area contributed by atoms with Crippen molar-refractivity contribution in [2.24, 2.45) is 0 Å². The van der Waals surface area contributed by atoms with E-state index < -0.39 is 0 Å². The van der Waals surface area contributed by atoms with E-state index in [1.807, 2.05) is 6.07 Å². The summed E-state index contributed by atoms with van der Waals surface area (Å²) in [6, 6.07) is 1.93. The minimum Gasteiger partial charge on any atom is -0.493 e. The zero-order valence-corrected chi connectivity index (χ0v) is 12.2. The maximum absolute atomic E-state index is 5.48. The van der Waals surface area contributed by atoms with Crippen molar-refractivity contribution in [2.75, 3.05) is 28.4 Å². The second kappa shape index (κ2) is 5.38. The van der Waals surface area contributed by atoms with Gasteiger partial charge in [-0.15, -0.1) is 0 Å². The highest BCUT2D eigenvalue weighted by Gasteiger charge is 2.27. The van der Waals surface area contributed by atoms with Crippen LogP contribution in [0.2, 0.25) is 0 Å². The molecule has 0 radical (unpaired) electrons. The predicted octanol–water partition coefficient (Wildman–Crippen LogP) is 3.02. The van der Waals surface area contributed by atoms with E-state index >= 15 is 0 Å². The third-order valence-corrected chi connectivity index (χ3v) is 2.80. The van der Waals surface area contributed by atoms with E-state index in [2.05, 4.69) is 20.8 Å². The molecule has 18 heavy (non-hydrogen) atoms. The quantitative estimate of drug-likeness (QED) is 0.827. The number of ether oxygens (including phenoxy) is 4. The predicted molar refractivity (Wildman–Crippen MR) is 71.4 cm³/mol. The average molecular weight is 254 g/mol. The first-order chi connectivity index (χ1) is 8.40. The highest BCUT2D eigenvalue weighted by molar-refractivity contribution is 5.64. The molecule has 1 aromatic rings. The molecule has 0 aromatic heterocycles. The largest absolute Gasteiger partial charge is 0.493 e. The van der Waals surface area contributed by atoms with Crippen LogP contribution in [0.3, 0.4) is 0 Å². The Labute approximate surface area is 109 Å². The molecule has 0 bridgehead atoms. The van der Waals surface area contributed by atoms with Crippen LogP contribution in [0.15, 0.2) is 6.07 Å². The second-order valence-electron chi connectivity index (χ2n) is 4.98. The van der Waals surface area contributed by atoms with Crippen molar-refractivity contribution < 1.29 is 18.9 Å². The topological polar surface area (TPSA) is 36.9 Å². The molecule has 1 rings (SSSR count). The van der Waals surface area contributed by atoms with E-state index in [4.69, 9.17) is 18.9 Å². The summed E-state index contributed by atoms with van der Waals surface area (Å²) < 4.78 is 21.6. The van der Waals surface area contributed by atoms with Crippen molar-refractivity contribution in [3.8, 4) is 23.0 Å². The van der Waals surface area contributed by atoms with Crippen molar-refractivity contribution in [3.63, 3.8) is 0 Å². The lowest BCUT2D eigenvalue weighted by atomic mass is 9.85. The molecule has 0 amide bonds. The lowest BCUT2D eigenvalue weighted by molar-refractivity contribution is 0.300. The van der Waals surface area contributed by atoms with Crippen LogP contribution < -0.4 is 18.9 Å². The normalized spacial score (nSPS) is 11.1. The standard InChI is InChI=1S/C14H22O4/c1-14(2,3)9-8-10(15-4)12(17-6)13(18-7)11(9)16-5/h8H,1-7H3. The molecular formula is C14H22O4. The maximum Gasteiger partial charge on any atom is 0.207 e. The third-order valence-electron chi connectivity index (χ3n) is 2.80. The van der Waals surface area contributed by atoms with Gasteiger partial charge in [0.1, 0.15) is 0 Å². The molecule has 0 heterocycles. The van der Waals surface area contributed by atoms with E-state index in [9.17, 15) is 0 Å². The molecule has 1 aromatic carbocycles. The molecule has 4 heteroatoms. The summed E-state index contributed by atoms with van der Waals surface area (Å²) in [5, 5.41) is 0. The zero-order chi connectivity index (χ0) is 13.9. The van der Waals surface area contributed by atoms with Crippen molar-refractivity contribution in [1.82, 2.24) is 0 Å². The molecule has 0 aliphatic heterocycles. The molecule has 0 saturated carbocycles. The fourth-order valence-electron chi connectivity index (χ4n) is 1.89. The fourth-order valence-corrected chi connectivity index (χ4v) is 1.89. The number of methoxy groups -OCH3 is 4. The summed E-state index contributed by atoms with van der Waals surface area (Å²) in [7, 11) is 6.40. The first-order valence-electron chi connectivity index (χ1n) is 5.78. The molecule has 0 atom stereocenters. The van der Waals surface area contributed by atoms with Gasteiger partial charge in [0.2, 0.25) is 11.5 Å². The lowest BCUT2D eigenvalue weighted by Crippen LogP contribution is -2.14. The Balaban J connectivity index is 3.64. The van der Waals surface area contributed by atoms with Gasteiger partial charge in [-0.05, 0) is 11.5 Å². The van der Waals surface area contributed by atoms with Crippen molar-refractivity contribution in [3.05, 3.63) is 11.6 Å². The third kappa shape index (κ3) is 2.47. The summed E-state index contributed by atoms with van der Waals surface area (Å²) in [6.45, 7) is 6.32. The van der Waals surface area contributed by atoms with Crippen LogP contribution in [0.4, 0.5) is 0 Å². The summed E-state index contributed by atoms with van der Waals surface area (Å²) in [6.07, 6.45) is 0. The fraction of sp³-hybridized carbons (Fsp3) is 0.571. The molecule has 0 aliphatic rings. The van der Waals surface area contributed by atoms with E-state index in [1.165, 1.54) is 0 Å². The Morgan fingerprint density at radius 3 is 1.56 bits per heavy atom. The van der Waals surface area contributed by atoms with Crippen LogP contribution in [-0.2, 0) is 5.41 Å². The molecule has 102 valence electrons. The minimum atomic E-state index is -0.0851. The molecule has 0 aliphatic carbocycles. The van der Waals surface area contributed by atoms with E-state index in [-0.39, 0.29) is 5.41 Å². The van der Waals surface area contributed by atoms with Gasteiger partial charge >= 0.3 is 0 Å². The van der Waals surface area contributed by atoms with Gasteiger partial charge in [-0.2, -0.15) is 0 Å². The number of hydrogen-bond donors (Lipinski definition) is 0. The molecule has 0 spiro atoms. The van der Waals surface area contributed by atoms with Gasteiger partial charge in [0.25, 0.3) is 0 Å². The first-order valence-corrected chi connectivity index (χ1v) is 5.78. The SMILES string of the molecule is COc1cc(C(C)(C)C)c(OC)c(OC)c1OC. The van der Waals surface area contributed by atoms with Crippen molar-refractivity contribution in [2.45, 2.75) is 26.2 Å². The maximum atomic E-state index is 5.48. The Morgan fingerprint density at radius 1 is 0.722 bits per heavy atom. The van der Waals surface area contributed by atoms with Gasteiger partial charge < -0.3 is 18.9 Å². The van der Waals surface area contributed by atoms with Crippen LogP contribution >= 0.6 is 0 Å². The van der Waals surface area contributed by atoms with Gasteiger partial charge in [-0.3, -0.25) is 0 Å². The van der Waals surface area contributed by atoms with E-state index in [0.29, 0.717) is 23.0 Å². The average Bonchev–Trinajstić information content (AvgIpc) is 2.34. The number of benzene rings is 1. The Kier molecular flexibility index (Phi) is 4.33. The van der Waals surface area contributed by atoms with E-state index in [0.717, 1.165) is 5.56 Å². The highest BCUT2D eigenvalue weighted by atomic mass is 16.5. The monoisotopic (exact) mass is 254 g/mol. The molecule has 0 unspecified atom stereocenters. The molecule has 4 nitrogen and oxygen atoms in total. The molecular weight excluding hydrogens is 232 g/mol. The summed E-state index contributed by atoms with van der Waals surface area (Å²) in [5.74, 6) is 2.43. The Morgan fingerprint density at radius 2 is 1.22 bits per heavy atom. The van der Waals surface area contributed by atoms with Crippen LogP contribution in [-0.4, -0.2) is 28.4 Å². The van der Waals surface area contributed by atoms with Gasteiger partial charge in [0, 0.05) is 5.56 Å². The summed E-state index contributed by atoms with van der Waals surface area (Å²) in [5.41, 5.74) is 0.928. The summed E-state index contributed by atoms with van der Waals surface area (Å²) >= 11 is 0. The minimum absolute atomic E-state index is 0.0851. The molecule has 0 saturated heterocycles. The van der Waals surface area contributed by atoms with Crippen LogP contribution in [0.5, 0.6) is 23.0 Å². The van der Waals surface area contributed by atoms with Crippen LogP contribution in [0.25, 0.3) is 0 Å². The van der Waals surface area contributed by atoms with Gasteiger partial charge in [-0.1, -0.05) is 20.8 Å². The number of rotatable bonds is 4. The lowest BCUT2D eigenvalue weighted by Gasteiger charge is -2.25. The Bertz CT molecular complexity index is 419. The number of hydrogen-bond acceptors (Lipinski definition) is 4. The van der Waals surface area contributed by atoms with Crippen molar-refractivity contribution >= 4 is 0 Å². The molecule has 0 N–H and O–H groups in total. The Hall–Kier alpha value is -1.58. The zero-order valence-electron chi connectivity index (χ0n) is 12.2. The van der Waals surface area contributed by atoms with Crippen LogP contribution in [0.1, 0.15) is 26.3 Å². The smallest absolute Gasteiger partial charge is 0.207 e. The molecule has 0 fully saturated rings. The summed E-state index contributed by atoms with van der Waals surface area (Å²) in [4.78, 5) is 0. The first kappa shape index (κ1) is 14.5. The van der Waals surface area contributed by atoms with E-state index in [1.54, 1.807) is 28.4 Å². The van der Waals surface area contributed by atoms with Crippen molar-refractivity contribution in [1.29, 1.82) is 0 Å². The van der Waals surface area contributed by atoms with Gasteiger partial charge in [0.15, 0.2) is 11.5 Å². The highest BCUT2D eigenvalue weighted by Crippen LogP contribution is 2.49. The van der Waals surface area contributed by atoms with Gasteiger partial charge in [0.05, 0.1) is 28.4 Å². The second-order valence-corrected chi connectivity index (χ2v) is 4.98.